The van der Waals surface area contributed by atoms with Gasteiger partial charge in [-0.25, -0.2) is 14.5 Å². The first-order valence-corrected chi connectivity index (χ1v) is 5.74. The number of imide groups is 1. The fourth-order valence-electron chi connectivity index (χ4n) is 2.10. The van der Waals surface area contributed by atoms with Crippen molar-refractivity contribution in [3.63, 3.8) is 0 Å². The number of nitrogens with zero attached hydrogens (tertiary/aromatic N) is 2. The molecule has 8 heteroatoms. The van der Waals surface area contributed by atoms with Gasteiger partial charge in [-0.1, -0.05) is 11.6 Å². The van der Waals surface area contributed by atoms with Crippen LogP contribution < -0.4 is 5.73 Å². The summed E-state index contributed by atoms with van der Waals surface area (Å²) in [5.41, 5.74) is 5.59. The van der Waals surface area contributed by atoms with Gasteiger partial charge in [-0.15, -0.1) is 0 Å². The average molecular weight is 284 g/mol. The highest BCUT2D eigenvalue weighted by atomic mass is 35.5. The summed E-state index contributed by atoms with van der Waals surface area (Å²) in [7, 11) is 0. The quantitative estimate of drug-likeness (QED) is 0.773. The molecule has 2 rings (SSSR count). The number of aromatic nitrogens is 1. The van der Waals surface area contributed by atoms with Crippen LogP contribution in [0.2, 0.25) is 5.02 Å². The largest absolute Gasteiger partial charge is 0.480 e. The minimum absolute atomic E-state index is 0.146. The van der Waals surface area contributed by atoms with Crippen LogP contribution >= 0.6 is 11.6 Å². The lowest BCUT2D eigenvalue weighted by molar-refractivity contribution is -0.165. The molecule has 1 aliphatic rings. The Balaban J connectivity index is 2.19. The molecule has 0 saturated carbocycles. The van der Waals surface area contributed by atoms with Crippen molar-refractivity contribution < 1.29 is 19.5 Å². The van der Waals surface area contributed by atoms with Gasteiger partial charge in [0.1, 0.15) is 0 Å². The lowest BCUT2D eigenvalue weighted by Gasteiger charge is -2.41. The maximum absolute atomic E-state index is 11.7. The molecule has 3 amide bonds. The Labute approximate surface area is 113 Å². The van der Waals surface area contributed by atoms with Crippen molar-refractivity contribution in [3.8, 4) is 0 Å². The minimum atomic E-state index is -1.27. The summed E-state index contributed by atoms with van der Waals surface area (Å²) in [6.07, 6.45) is 3.07. The van der Waals surface area contributed by atoms with Crippen molar-refractivity contribution in [2.45, 2.75) is 12.5 Å². The number of carbonyl (C=O) groups is 3. The van der Waals surface area contributed by atoms with Crippen molar-refractivity contribution in [2.75, 3.05) is 0 Å². The minimum Gasteiger partial charge on any atom is -0.480 e. The molecule has 1 aromatic heterocycles. The fraction of sp³-hybridized carbons (Fsp3) is 0.273. The molecule has 1 aromatic rings. The summed E-state index contributed by atoms with van der Waals surface area (Å²) < 4.78 is 0. The number of carboxylic acids is 1. The Hall–Kier alpha value is -2.15. The first kappa shape index (κ1) is 13.3. The Kier molecular flexibility index (Phi) is 3.39. The highest BCUT2D eigenvalue weighted by Gasteiger charge is 2.54. The van der Waals surface area contributed by atoms with Crippen LogP contribution in [0.4, 0.5) is 4.79 Å². The summed E-state index contributed by atoms with van der Waals surface area (Å²) in [4.78, 5) is 38.2. The number of nitrogens with two attached hydrogens (primary N) is 1. The number of carbonyl (C=O) groups excluding carboxylic acids is 2. The van der Waals surface area contributed by atoms with Crippen LogP contribution in [0.25, 0.3) is 0 Å². The predicted molar refractivity (Wildman–Crippen MR) is 64.3 cm³/mol. The van der Waals surface area contributed by atoms with Gasteiger partial charge < -0.3 is 10.8 Å². The van der Waals surface area contributed by atoms with Crippen LogP contribution in [0.15, 0.2) is 18.5 Å². The molecule has 1 fully saturated rings. The molecule has 19 heavy (non-hydrogen) atoms. The van der Waals surface area contributed by atoms with Gasteiger partial charge in [-0.3, -0.25) is 9.78 Å². The molecule has 0 spiro atoms. The van der Waals surface area contributed by atoms with E-state index in [-0.39, 0.29) is 6.42 Å². The Bertz CT molecular complexity index is 563. The second-order valence-corrected chi connectivity index (χ2v) is 4.59. The topological polar surface area (TPSA) is 114 Å². The van der Waals surface area contributed by atoms with Crippen LogP contribution in [0, 0.1) is 5.92 Å². The van der Waals surface area contributed by atoms with Gasteiger partial charge in [0, 0.05) is 12.4 Å². The molecular formula is C11H10ClN3O4. The third-order valence-electron chi connectivity index (χ3n) is 2.92. The lowest BCUT2D eigenvalue weighted by Crippen LogP contribution is -2.68. The third-order valence-corrected chi connectivity index (χ3v) is 3.13. The van der Waals surface area contributed by atoms with Gasteiger partial charge in [0.2, 0.25) is 5.91 Å². The number of amides is 3. The number of primary amides is 1. The number of aliphatic carboxylic acids is 1. The molecule has 0 bridgehead atoms. The van der Waals surface area contributed by atoms with E-state index >= 15 is 0 Å². The number of likely N-dealkylation sites (tertiary alicyclic amines) is 1. The van der Waals surface area contributed by atoms with Crippen molar-refractivity contribution >= 4 is 29.5 Å². The van der Waals surface area contributed by atoms with Gasteiger partial charge in [-0.2, -0.15) is 0 Å². The maximum atomic E-state index is 11.7. The summed E-state index contributed by atoms with van der Waals surface area (Å²) in [5, 5.41) is 9.42. The van der Waals surface area contributed by atoms with Gasteiger partial charge >= 0.3 is 12.0 Å². The first-order valence-electron chi connectivity index (χ1n) is 5.36. The summed E-state index contributed by atoms with van der Waals surface area (Å²) in [6, 6.07) is -0.699. The zero-order chi connectivity index (χ0) is 14.2. The number of urea groups is 1. The Morgan fingerprint density at radius 1 is 1.47 bits per heavy atom. The molecule has 3 N–H and O–H groups in total. The maximum Gasteiger partial charge on any atom is 0.327 e. The van der Waals surface area contributed by atoms with E-state index in [4.69, 9.17) is 22.4 Å². The first-order chi connectivity index (χ1) is 8.91. The number of hydrogen-bond acceptors (Lipinski definition) is 4. The molecule has 1 saturated heterocycles. The molecule has 1 aliphatic heterocycles. The zero-order valence-corrected chi connectivity index (χ0v) is 10.4. The number of rotatable bonds is 3. The van der Waals surface area contributed by atoms with Crippen LogP contribution in [0.3, 0.4) is 0 Å². The molecule has 0 unspecified atom stereocenters. The summed E-state index contributed by atoms with van der Waals surface area (Å²) >= 11 is 5.76. The van der Waals surface area contributed by atoms with Crippen LogP contribution in [-0.4, -0.2) is 38.9 Å². The summed E-state index contributed by atoms with van der Waals surface area (Å²) in [5.74, 6) is -2.69. The van der Waals surface area contributed by atoms with Crippen molar-refractivity contribution in [3.05, 3.63) is 29.0 Å². The number of carboxylic acid groups (broad SMARTS) is 1. The van der Waals surface area contributed by atoms with E-state index in [1.54, 1.807) is 6.07 Å². The Morgan fingerprint density at radius 2 is 2.16 bits per heavy atom. The van der Waals surface area contributed by atoms with E-state index in [1.165, 1.54) is 12.4 Å². The number of halogens is 1. The van der Waals surface area contributed by atoms with E-state index in [9.17, 15) is 14.4 Å². The monoisotopic (exact) mass is 283 g/mol. The molecule has 0 radical (unpaired) electrons. The SMILES string of the molecule is NC(=O)N1C(=O)[C@H](Cc2cncc(Cl)c2)[C@H]1C(=O)O. The van der Waals surface area contributed by atoms with E-state index in [0.717, 1.165) is 0 Å². The van der Waals surface area contributed by atoms with E-state index < -0.39 is 29.9 Å². The Morgan fingerprint density at radius 3 is 2.68 bits per heavy atom. The second kappa shape index (κ2) is 4.85. The molecule has 0 aliphatic carbocycles. The van der Waals surface area contributed by atoms with E-state index in [0.29, 0.717) is 15.5 Å². The molecular weight excluding hydrogens is 274 g/mol. The highest BCUT2D eigenvalue weighted by molar-refractivity contribution is 6.30. The second-order valence-electron chi connectivity index (χ2n) is 4.15. The van der Waals surface area contributed by atoms with Crippen LogP contribution in [-0.2, 0) is 16.0 Å². The molecule has 2 atom stereocenters. The molecule has 2 heterocycles. The van der Waals surface area contributed by atoms with E-state index in [1.807, 2.05) is 0 Å². The molecule has 100 valence electrons. The number of β-lactam (4-membered cyclic amide) rings is 1. The normalized spacial score (nSPS) is 21.9. The van der Waals surface area contributed by atoms with Gasteiger partial charge in [-0.05, 0) is 18.1 Å². The summed E-state index contributed by atoms with van der Waals surface area (Å²) in [6.45, 7) is 0. The fourth-order valence-corrected chi connectivity index (χ4v) is 2.29. The molecule has 7 nitrogen and oxygen atoms in total. The average Bonchev–Trinajstić information content (AvgIpc) is 2.31. The van der Waals surface area contributed by atoms with E-state index in [2.05, 4.69) is 4.98 Å². The van der Waals surface area contributed by atoms with Gasteiger partial charge in [0.25, 0.3) is 0 Å². The highest BCUT2D eigenvalue weighted by Crippen LogP contribution is 2.30. The van der Waals surface area contributed by atoms with Crippen LogP contribution in [0.1, 0.15) is 5.56 Å². The lowest BCUT2D eigenvalue weighted by atomic mass is 9.83. The zero-order valence-electron chi connectivity index (χ0n) is 9.62. The number of hydrogen-bond donors (Lipinski definition) is 2. The standard InChI is InChI=1S/C11H10ClN3O4/c12-6-1-5(3-14-4-6)2-7-8(10(17)18)15(9(7)16)11(13)19/h1,3-4,7-8H,2H2,(H2,13,19)(H,17,18)/t7-,8+/m1/s1. The number of pyridine rings is 1. The predicted octanol–water partition coefficient (Wildman–Crippen LogP) is 0.268. The van der Waals surface area contributed by atoms with Crippen molar-refractivity contribution in [1.82, 2.24) is 9.88 Å². The van der Waals surface area contributed by atoms with Gasteiger partial charge in [0.15, 0.2) is 6.04 Å². The third kappa shape index (κ3) is 2.37. The van der Waals surface area contributed by atoms with Gasteiger partial charge in [0.05, 0.1) is 10.9 Å². The molecule has 0 aromatic carbocycles. The van der Waals surface area contributed by atoms with Crippen molar-refractivity contribution in [1.29, 1.82) is 0 Å². The van der Waals surface area contributed by atoms with Crippen molar-refractivity contribution in [2.24, 2.45) is 11.7 Å². The smallest absolute Gasteiger partial charge is 0.327 e. The van der Waals surface area contributed by atoms with Crippen LogP contribution in [0.5, 0.6) is 0 Å².